The second-order valence-corrected chi connectivity index (χ2v) is 15.6. The Balaban J connectivity index is 4.60. The number of carboxylic acid groups (broad SMARTS) is 1. The van der Waals surface area contributed by atoms with E-state index in [9.17, 15) is 23.8 Å². The van der Waals surface area contributed by atoms with Crippen molar-refractivity contribution >= 4 is 25.7 Å². The van der Waals surface area contributed by atoms with E-state index >= 15 is 0 Å². The van der Waals surface area contributed by atoms with Gasteiger partial charge in [0.1, 0.15) is 12.6 Å². The second kappa shape index (κ2) is 40.4. The lowest BCUT2D eigenvalue weighted by molar-refractivity contribution is -0.157. The number of carboxylic acids is 1. The molecule has 58 heavy (non-hydrogen) atoms. The molecule has 0 amide bonds. The highest BCUT2D eigenvalue weighted by atomic mass is 31.2. The van der Waals surface area contributed by atoms with Crippen molar-refractivity contribution in [3.63, 3.8) is 0 Å². The van der Waals surface area contributed by atoms with Crippen molar-refractivity contribution in [1.82, 2.24) is 0 Å². The summed E-state index contributed by atoms with van der Waals surface area (Å²) in [4.78, 5) is 45.8. The molecule has 0 aliphatic carbocycles. The average Bonchev–Trinajstić information content (AvgIpc) is 3.20. The van der Waals surface area contributed by atoms with Gasteiger partial charge in [0.2, 0.25) is 0 Å². The zero-order valence-corrected chi connectivity index (χ0v) is 36.5. The van der Waals surface area contributed by atoms with E-state index in [4.69, 9.17) is 24.8 Å². The molecule has 12 heteroatoms. The number of carbonyl (C=O) groups is 3. The topological polar surface area (TPSA) is 172 Å². The van der Waals surface area contributed by atoms with E-state index in [2.05, 4.69) is 67.0 Å². The summed E-state index contributed by atoms with van der Waals surface area (Å²) in [6.45, 7) is 2.57. The molecule has 0 radical (unpaired) electrons. The lowest BCUT2D eigenvalue weighted by Gasteiger charge is -2.19. The SMILES string of the molecule is CCCCC/C=C/C/C=C/C/C=C/C/C=C/C/C=C/CCC(=O)OC[C@H](COP(=O)(O)OC[C@H](N)C(=O)O)OC(=O)/C=C/C=C/CCCCCCCCCCCCC. The second-order valence-electron chi connectivity index (χ2n) is 14.2. The van der Waals surface area contributed by atoms with Gasteiger partial charge in [-0.1, -0.05) is 170 Å². The van der Waals surface area contributed by atoms with Gasteiger partial charge in [0.25, 0.3) is 0 Å². The first-order valence-electron chi connectivity index (χ1n) is 21.7. The van der Waals surface area contributed by atoms with Gasteiger partial charge in [-0.15, -0.1) is 0 Å². The molecule has 0 aromatic carbocycles. The molecule has 0 saturated carbocycles. The summed E-state index contributed by atoms with van der Waals surface area (Å²) in [5, 5.41) is 8.88. The summed E-state index contributed by atoms with van der Waals surface area (Å²) in [5.74, 6) is -2.76. The number of esters is 2. The number of hydrogen-bond donors (Lipinski definition) is 3. The number of allylic oxidation sites excluding steroid dienone is 13. The number of phosphoric ester groups is 1. The van der Waals surface area contributed by atoms with Gasteiger partial charge in [0, 0.05) is 12.5 Å². The number of hydrogen-bond acceptors (Lipinski definition) is 9. The van der Waals surface area contributed by atoms with E-state index in [1.807, 2.05) is 18.2 Å². The Bertz CT molecular complexity index is 1300. The summed E-state index contributed by atoms with van der Waals surface area (Å²) in [5.41, 5.74) is 5.32. The Kier molecular flexibility index (Phi) is 38.1. The zero-order valence-electron chi connectivity index (χ0n) is 35.6. The Morgan fingerprint density at radius 3 is 1.59 bits per heavy atom. The monoisotopic (exact) mass is 834 g/mol. The number of nitrogens with two attached hydrogens (primary N) is 1. The molecule has 3 atom stereocenters. The van der Waals surface area contributed by atoms with Gasteiger partial charge < -0.3 is 25.2 Å². The van der Waals surface area contributed by atoms with Crippen LogP contribution in [0.15, 0.2) is 85.1 Å². The maximum atomic E-state index is 12.5. The van der Waals surface area contributed by atoms with Gasteiger partial charge in [-0.05, 0) is 57.8 Å². The van der Waals surface area contributed by atoms with Crippen LogP contribution in [0.25, 0.3) is 0 Å². The molecule has 0 aromatic rings. The van der Waals surface area contributed by atoms with E-state index < -0.39 is 57.7 Å². The molecule has 1 unspecified atom stereocenters. The minimum atomic E-state index is -4.76. The Hall–Kier alpha value is -3.34. The van der Waals surface area contributed by atoms with E-state index in [-0.39, 0.29) is 6.42 Å². The largest absolute Gasteiger partial charge is 0.480 e. The summed E-state index contributed by atoms with van der Waals surface area (Å²) in [7, 11) is -4.76. The fraction of sp³-hybridized carbons (Fsp3) is 0.630. The molecule has 0 bridgehead atoms. The van der Waals surface area contributed by atoms with Crippen LogP contribution in [-0.4, -0.2) is 59.9 Å². The van der Waals surface area contributed by atoms with Crippen molar-refractivity contribution in [2.75, 3.05) is 19.8 Å². The van der Waals surface area contributed by atoms with Gasteiger partial charge >= 0.3 is 25.7 Å². The molecule has 0 aliphatic heterocycles. The molecule has 330 valence electrons. The van der Waals surface area contributed by atoms with E-state index in [0.717, 1.165) is 51.4 Å². The highest BCUT2D eigenvalue weighted by Gasteiger charge is 2.27. The third kappa shape index (κ3) is 39.5. The smallest absolute Gasteiger partial charge is 0.472 e. The van der Waals surface area contributed by atoms with Crippen molar-refractivity contribution in [1.29, 1.82) is 0 Å². The van der Waals surface area contributed by atoms with Crippen molar-refractivity contribution in [3.05, 3.63) is 85.1 Å². The van der Waals surface area contributed by atoms with E-state index in [0.29, 0.717) is 6.42 Å². The molecule has 0 saturated heterocycles. The molecule has 0 aliphatic rings. The third-order valence-electron chi connectivity index (χ3n) is 8.74. The standard InChI is InChI=1S/C46H76NO10P/c1-3-5-7-9-11-13-15-17-19-20-21-22-24-25-27-29-31-33-35-37-44(48)54-39-42(40-55-58(52,53)56-41-43(47)46(50)51)57-45(49)38-36-34-32-30-28-26-23-18-16-14-12-10-8-6-4-2/h11,13,17,19,21-22,25,27,31-34,36,38,42-43H,3-10,12,14-16,18,20,23-24,26,28-30,35,37,39-41,47H2,1-2H3,(H,50,51)(H,52,53)/b13-11+,19-17+,22-21+,27-25+,33-31+,34-32+,38-36+/t42-,43+/m1/s1. The predicted molar refractivity (Wildman–Crippen MR) is 235 cm³/mol. The minimum absolute atomic E-state index is 0.0745. The molecular weight excluding hydrogens is 757 g/mol. The first-order valence-corrected chi connectivity index (χ1v) is 23.1. The van der Waals surface area contributed by atoms with Crippen molar-refractivity contribution in [2.24, 2.45) is 5.73 Å². The van der Waals surface area contributed by atoms with Crippen LogP contribution < -0.4 is 5.73 Å². The van der Waals surface area contributed by atoms with Crippen LogP contribution >= 0.6 is 7.82 Å². The number of ether oxygens (including phenoxy) is 2. The molecule has 0 rings (SSSR count). The van der Waals surface area contributed by atoms with Crippen LogP contribution in [0.4, 0.5) is 0 Å². The lowest BCUT2D eigenvalue weighted by atomic mass is 10.1. The van der Waals surface area contributed by atoms with Crippen molar-refractivity contribution in [3.8, 4) is 0 Å². The number of unbranched alkanes of at least 4 members (excludes halogenated alkanes) is 14. The van der Waals surface area contributed by atoms with E-state index in [1.165, 1.54) is 89.2 Å². The van der Waals surface area contributed by atoms with Gasteiger partial charge in [0.15, 0.2) is 6.10 Å². The fourth-order valence-corrected chi connectivity index (χ4v) is 6.08. The third-order valence-corrected chi connectivity index (χ3v) is 9.69. The Morgan fingerprint density at radius 1 is 0.586 bits per heavy atom. The zero-order chi connectivity index (χ0) is 42.8. The molecule has 4 N–H and O–H groups in total. The maximum Gasteiger partial charge on any atom is 0.472 e. The van der Waals surface area contributed by atoms with Gasteiger partial charge in [0.05, 0.1) is 13.2 Å². The van der Waals surface area contributed by atoms with Crippen molar-refractivity contribution < 1.29 is 47.5 Å². The fourth-order valence-electron chi connectivity index (χ4n) is 5.31. The highest BCUT2D eigenvalue weighted by molar-refractivity contribution is 7.47. The van der Waals surface area contributed by atoms with Crippen LogP contribution in [0, 0.1) is 0 Å². The first-order chi connectivity index (χ1) is 28.1. The average molecular weight is 834 g/mol. The quantitative estimate of drug-likeness (QED) is 0.0134. The van der Waals surface area contributed by atoms with Gasteiger partial charge in [-0.25, -0.2) is 9.36 Å². The van der Waals surface area contributed by atoms with E-state index in [1.54, 1.807) is 6.08 Å². The first kappa shape index (κ1) is 54.7. The predicted octanol–water partition coefficient (Wildman–Crippen LogP) is 11.5. The molecule has 0 spiro atoms. The molecule has 0 heterocycles. The molecule has 0 fully saturated rings. The van der Waals surface area contributed by atoms with Crippen molar-refractivity contribution in [2.45, 2.75) is 167 Å². The van der Waals surface area contributed by atoms with Crippen LogP contribution in [-0.2, 0) is 37.5 Å². The van der Waals surface area contributed by atoms with Gasteiger partial charge in [-0.3, -0.25) is 18.6 Å². The summed E-state index contributed by atoms with van der Waals surface area (Å²) >= 11 is 0. The van der Waals surface area contributed by atoms with Crippen LogP contribution in [0.3, 0.4) is 0 Å². The summed E-state index contributed by atoms with van der Waals surface area (Å²) in [6.07, 6.45) is 50.1. The van der Waals surface area contributed by atoms with Gasteiger partial charge in [-0.2, -0.15) is 0 Å². The molecule has 11 nitrogen and oxygen atoms in total. The number of rotatable bonds is 39. The maximum absolute atomic E-state index is 12.5. The number of aliphatic carboxylic acids is 1. The summed E-state index contributed by atoms with van der Waals surface area (Å²) < 4.78 is 32.4. The normalized spacial score (nSPS) is 14.6. The number of carbonyl (C=O) groups excluding carboxylic acids is 2. The molecule has 0 aromatic heterocycles. The lowest BCUT2D eigenvalue weighted by Crippen LogP contribution is -2.34. The number of phosphoric acid groups is 1. The van der Waals surface area contributed by atoms with Crippen LogP contribution in [0.2, 0.25) is 0 Å². The Labute approximate surface area is 350 Å². The van der Waals surface area contributed by atoms with Crippen LogP contribution in [0.5, 0.6) is 0 Å². The minimum Gasteiger partial charge on any atom is -0.480 e. The van der Waals surface area contributed by atoms with Crippen LogP contribution in [0.1, 0.15) is 155 Å². The molecular formula is C46H76NO10P. The summed E-state index contributed by atoms with van der Waals surface area (Å²) in [6, 6.07) is -1.55. The highest BCUT2D eigenvalue weighted by Crippen LogP contribution is 2.43. The Morgan fingerprint density at radius 2 is 1.03 bits per heavy atom.